The highest BCUT2D eigenvalue weighted by atomic mass is 35.5. The van der Waals surface area contributed by atoms with Gasteiger partial charge in [0.1, 0.15) is 5.69 Å². The fourth-order valence-corrected chi connectivity index (χ4v) is 2.74. The summed E-state index contributed by atoms with van der Waals surface area (Å²) in [6.07, 6.45) is 1.75. The van der Waals surface area contributed by atoms with Crippen LogP contribution in [-0.4, -0.2) is 22.2 Å². The molecule has 1 unspecified atom stereocenters. The molecule has 0 N–H and O–H groups in total. The summed E-state index contributed by atoms with van der Waals surface area (Å²) in [7, 11) is 0. The number of carbonyl (C=O) groups excluding carboxylic acids is 1. The third kappa shape index (κ3) is 1.91. The standard InChI is InChI=1S/C15H16ClN3O/c1-9-6-12(4-5-13(9)16)18-8-11(3)19-14(15(18)20)10(2)7-17-19/h4-7,11H,8H2,1-3H3. The monoisotopic (exact) mass is 289 g/mol. The Morgan fingerprint density at radius 1 is 1.30 bits per heavy atom. The number of anilines is 1. The quantitative estimate of drug-likeness (QED) is 0.807. The molecule has 0 bridgehead atoms. The topological polar surface area (TPSA) is 38.1 Å². The van der Waals surface area contributed by atoms with Crippen LogP contribution in [0, 0.1) is 13.8 Å². The molecule has 2 aromatic rings. The van der Waals surface area contributed by atoms with E-state index in [2.05, 4.69) is 12.0 Å². The lowest BCUT2D eigenvalue weighted by molar-refractivity contribution is 0.0952. The Morgan fingerprint density at radius 2 is 2.05 bits per heavy atom. The Balaban J connectivity index is 2.06. The van der Waals surface area contributed by atoms with Crippen molar-refractivity contribution in [3.05, 3.63) is 46.2 Å². The maximum atomic E-state index is 12.7. The van der Waals surface area contributed by atoms with E-state index in [4.69, 9.17) is 11.6 Å². The van der Waals surface area contributed by atoms with Gasteiger partial charge in [0.2, 0.25) is 0 Å². The molecule has 0 aliphatic carbocycles. The minimum Gasteiger partial charge on any atom is -0.305 e. The number of amides is 1. The molecule has 1 aliphatic rings. The molecule has 20 heavy (non-hydrogen) atoms. The summed E-state index contributed by atoms with van der Waals surface area (Å²) in [6, 6.07) is 5.84. The SMILES string of the molecule is Cc1cc(N2CC(C)n3ncc(C)c3C2=O)ccc1Cl. The van der Waals surface area contributed by atoms with E-state index < -0.39 is 0 Å². The van der Waals surface area contributed by atoms with E-state index in [0.717, 1.165) is 16.8 Å². The average molecular weight is 290 g/mol. The number of aromatic nitrogens is 2. The second kappa shape index (κ2) is 4.63. The third-order valence-corrected chi connectivity index (χ3v) is 4.17. The molecule has 0 radical (unpaired) electrons. The van der Waals surface area contributed by atoms with Crippen LogP contribution in [0.15, 0.2) is 24.4 Å². The van der Waals surface area contributed by atoms with Gasteiger partial charge in [-0.25, -0.2) is 0 Å². The smallest absolute Gasteiger partial charge is 0.276 e. The molecule has 1 aliphatic heterocycles. The predicted octanol–water partition coefficient (Wildman–Crippen LogP) is 3.37. The van der Waals surface area contributed by atoms with Crippen molar-refractivity contribution < 1.29 is 4.79 Å². The van der Waals surface area contributed by atoms with Crippen LogP contribution in [0.25, 0.3) is 0 Å². The van der Waals surface area contributed by atoms with Gasteiger partial charge in [0.15, 0.2) is 0 Å². The molecule has 4 nitrogen and oxygen atoms in total. The van der Waals surface area contributed by atoms with E-state index in [-0.39, 0.29) is 11.9 Å². The number of fused-ring (bicyclic) bond motifs is 1. The van der Waals surface area contributed by atoms with Crippen molar-refractivity contribution in [3.8, 4) is 0 Å². The Bertz CT molecular complexity index is 692. The van der Waals surface area contributed by atoms with E-state index in [0.29, 0.717) is 17.3 Å². The predicted molar refractivity (Wildman–Crippen MR) is 79.5 cm³/mol. The average Bonchev–Trinajstić information content (AvgIpc) is 2.80. The minimum atomic E-state index is -0.000164. The molecule has 1 atom stereocenters. The van der Waals surface area contributed by atoms with Crippen LogP contribution in [0.5, 0.6) is 0 Å². The van der Waals surface area contributed by atoms with Crippen molar-refractivity contribution in [1.29, 1.82) is 0 Å². The first-order chi connectivity index (χ1) is 9.49. The van der Waals surface area contributed by atoms with E-state index in [9.17, 15) is 4.79 Å². The molecule has 0 spiro atoms. The zero-order valence-electron chi connectivity index (χ0n) is 11.7. The number of hydrogen-bond donors (Lipinski definition) is 0. The maximum absolute atomic E-state index is 12.7. The van der Waals surface area contributed by atoms with Crippen LogP contribution in [0.4, 0.5) is 5.69 Å². The summed E-state index contributed by atoms with van der Waals surface area (Å²) in [6.45, 7) is 6.55. The number of aryl methyl sites for hydroxylation is 2. The molecule has 0 saturated carbocycles. The molecular formula is C15H16ClN3O. The lowest BCUT2D eigenvalue weighted by Crippen LogP contribution is -2.42. The van der Waals surface area contributed by atoms with Crippen LogP contribution >= 0.6 is 11.6 Å². The fraction of sp³-hybridized carbons (Fsp3) is 0.333. The molecule has 1 aromatic carbocycles. The zero-order valence-corrected chi connectivity index (χ0v) is 12.5. The van der Waals surface area contributed by atoms with Gasteiger partial charge in [-0.1, -0.05) is 11.6 Å². The molecule has 5 heteroatoms. The van der Waals surface area contributed by atoms with Gasteiger partial charge in [0, 0.05) is 22.8 Å². The van der Waals surface area contributed by atoms with Crippen LogP contribution in [-0.2, 0) is 0 Å². The van der Waals surface area contributed by atoms with E-state index in [1.165, 1.54) is 0 Å². The molecule has 2 heterocycles. The van der Waals surface area contributed by atoms with Crippen molar-refractivity contribution in [3.63, 3.8) is 0 Å². The summed E-state index contributed by atoms with van der Waals surface area (Å²) in [5.41, 5.74) is 3.45. The summed E-state index contributed by atoms with van der Waals surface area (Å²) >= 11 is 6.06. The van der Waals surface area contributed by atoms with Crippen LogP contribution in [0.3, 0.4) is 0 Å². The number of hydrogen-bond acceptors (Lipinski definition) is 2. The molecular weight excluding hydrogens is 274 g/mol. The lowest BCUT2D eigenvalue weighted by atomic mass is 10.1. The summed E-state index contributed by atoms with van der Waals surface area (Å²) in [5.74, 6) is -0.000164. The summed E-state index contributed by atoms with van der Waals surface area (Å²) < 4.78 is 1.82. The number of halogens is 1. The van der Waals surface area contributed by atoms with Crippen molar-refractivity contribution in [2.75, 3.05) is 11.4 Å². The molecule has 3 rings (SSSR count). The van der Waals surface area contributed by atoms with Crippen LogP contribution in [0.2, 0.25) is 5.02 Å². The zero-order chi connectivity index (χ0) is 14.4. The van der Waals surface area contributed by atoms with E-state index in [1.807, 2.05) is 36.7 Å². The normalized spacial score (nSPS) is 18.3. The third-order valence-electron chi connectivity index (χ3n) is 3.74. The molecule has 104 valence electrons. The highest BCUT2D eigenvalue weighted by Crippen LogP contribution is 2.29. The van der Waals surface area contributed by atoms with Crippen molar-refractivity contribution in [1.82, 2.24) is 9.78 Å². The minimum absolute atomic E-state index is 0.000164. The molecule has 1 amide bonds. The number of carbonyl (C=O) groups is 1. The Kier molecular flexibility index (Phi) is 3.05. The van der Waals surface area contributed by atoms with Gasteiger partial charge in [0.25, 0.3) is 5.91 Å². The summed E-state index contributed by atoms with van der Waals surface area (Å²) in [5, 5.41) is 5.01. The van der Waals surface area contributed by atoms with Crippen LogP contribution < -0.4 is 4.90 Å². The first-order valence-corrected chi connectivity index (χ1v) is 6.99. The van der Waals surface area contributed by atoms with E-state index >= 15 is 0 Å². The van der Waals surface area contributed by atoms with Crippen molar-refractivity contribution in [2.45, 2.75) is 26.8 Å². The van der Waals surface area contributed by atoms with Gasteiger partial charge in [-0.05, 0) is 44.5 Å². The molecule has 1 aromatic heterocycles. The Morgan fingerprint density at radius 3 is 2.75 bits per heavy atom. The number of nitrogens with zero attached hydrogens (tertiary/aromatic N) is 3. The second-order valence-corrected chi connectivity index (χ2v) is 5.73. The van der Waals surface area contributed by atoms with Crippen LogP contribution in [0.1, 0.15) is 34.6 Å². The highest BCUT2D eigenvalue weighted by molar-refractivity contribution is 6.31. The van der Waals surface area contributed by atoms with E-state index in [1.54, 1.807) is 11.1 Å². The van der Waals surface area contributed by atoms with Gasteiger partial charge >= 0.3 is 0 Å². The van der Waals surface area contributed by atoms with Gasteiger partial charge < -0.3 is 4.90 Å². The van der Waals surface area contributed by atoms with Gasteiger partial charge in [0.05, 0.1) is 12.2 Å². The Hall–Kier alpha value is -1.81. The molecule has 0 saturated heterocycles. The largest absolute Gasteiger partial charge is 0.305 e. The lowest BCUT2D eigenvalue weighted by Gasteiger charge is -2.32. The molecule has 0 fully saturated rings. The first-order valence-electron chi connectivity index (χ1n) is 6.61. The van der Waals surface area contributed by atoms with Crippen molar-refractivity contribution in [2.24, 2.45) is 0 Å². The van der Waals surface area contributed by atoms with Gasteiger partial charge in [-0.3, -0.25) is 9.48 Å². The van der Waals surface area contributed by atoms with Gasteiger partial charge in [-0.15, -0.1) is 0 Å². The number of rotatable bonds is 1. The highest BCUT2D eigenvalue weighted by Gasteiger charge is 2.32. The maximum Gasteiger partial charge on any atom is 0.276 e. The van der Waals surface area contributed by atoms with Crippen molar-refractivity contribution >= 4 is 23.2 Å². The first kappa shape index (κ1) is 13.2. The number of benzene rings is 1. The summed E-state index contributed by atoms with van der Waals surface area (Å²) in [4.78, 5) is 14.5. The second-order valence-electron chi connectivity index (χ2n) is 5.32. The van der Waals surface area contributed by atoms with Gasteiger partial charge in [-0.2, -0.15) is 5.10 Å². The Labute approximate surface area is 123 Å². The fourth-order valence-electron chi connectivity index (χ4n) is 2.62.